The van der Waals surface area contributed by atoms with E-state index >= 15 is 0 Å². The fourth-order valence-electron chi connectivity index (χ4n) is 2.49. The lowest BCUT2D eigenvalue weighted by atomic mass is 10.1. The number of nitrogens with zero attached hydrogens (tertiary/aromatic N) is 1. The van der Waals surface area contributed by atoms with Gasteiger partial charge in [-0.3, -0.25) is 4.90 Å². The van der Waals surface area contributed by atoms with Crippen molar-refractivity contribution in [1.29, 1.82) is 0 Å². The molecule has 0 atom stereocenters. The summed E-state index contributed by atoms with van der Waals surface area (Å²) in [6.45, 7) is 3.30. The molecule has 1 aliphatic rings. The molecule has 1 aromatic rings. The molecule has 2 amide bonds. The van der Waals surface area contributed by atoms with E-state index in [0.29, 0.717) is 31.0 Å². The van der Waals surface area contributed by atoms with Gasteiger partial charge in [0.15, 0.2) is 0 Å². The lowest BCUT2D eigenvalue weighted by Gasteiger charge is -2.25. The normalized spacial score (nSPS) is 14.2. The van der Waals surface area contributed by atoms with E-state index < -0.39 is 5.97 Å². The smallest absolute Gasteiger partial charge is 0.337 e. The number of carbonyl (C=O) groups is 2. The lowest BCUT2D eigenvalue weighted by Crippen LogP contribution is -2.46. The van der Waals surface area contributed by atoms with Crippen LogP contribution >= 0.6 is 0 Å². The summed E-state index contributed by atoms with van der Waals surface area (Å²) in [6.07, 6.45) is 0. The molecule has 0 bridgehead atoms. The second-order valence-corrected chi connectivity index (χ2v) is 5.51. The molecule has 1 heterocycles. The number of rotatable bonds is 7. The van der Waals surface area contributed by atoms with E-state index in [-0.39, 0.29) is 12.6 Å². The minimum Gasteiger partial charge on any atom is -0.497 e. The van der Waals surface area contributed by atoms with E-state index in [9.17, 15) is 9.59 Å². The van der Waals surface area contributed by atoms with Gasteiger partial charge in [-0.15, -0.1) is 0 Å². The first-order chi connectivity index (χ1) is 11.5. The highest BCUT2D eigenvalue weighted by Crippen LogP contribution is 2.15. The average Bonchev–Trinajstić information content (AvgIpc) is 2.55. The molecule has 2 N–H and O–H groups in total. The van der Waals surface area contributed by atoms with Crippen LogP contribution in [-0.2, 0) is 16.1 Å². The first kappa shape index (κ1) is 17.8. The number of methoxy groups -OCH3 is 1. The standard InChI is InChI=1S/C17H23N3O4/c1-4-24-16(21)14-9-18-17(22)19-15(14)11-20(2)10-12-6-5-7-13(8-12)23-3/h5-8H,4,9-11H2,1-3H3,(H2,18,19,22). The highest BCUT2D eigenvalue weighted by molar-refractivity contribution is 5.93. The number of esters is 1. The van der Waals surface area contributed by atoms with Gasteiger partial charge in [0, 0.05) is 18.8 Å². The zero-order valence-corrected chi connectivity index (χ0v) is 14.2. The van der Waals surface area contributed by atoms with Crippen LogP contribution in [0, 0.1) is 0 Å². The number of benzene rings is 1. The summed E-state index contributed by atoms with van der Waals surface area (Å²) in [5.74, 6) is 0.386. The highest BCUT2D eigenvalue weighted by Gasteiger charge is 2.24. The van der Waals surface area contributed by atoms with Crippen LogP contribution in [0.4, 0.5) is 4.79 Å². The van der Waals surface area contributed by atoms with Crippen LogP contribution in [0.1, 0.15) is 12.5 Å². The molecular formula is C17H23N3O4. The number of carbonyl (C=O) groups excluding carboxylic acids is 2. The summed E-state index contributed by atoms with van der Waals surface area (Å²) in [7, 11) is 3.55. The van der Waals surface area contributed by atoms with Crippen molar-refractivity contribution in [1.82, 2.24) is 15.5 Å². The number of ether oxygens (including phenoxy) is 2. The molecule has 0 aromatic heterocycles. The second-order valence-electron chi connectivity index (χ2n) is 5.51. The zero-order valence-electron chi connectivity index (χ0n) is 14.2. The van der Waals surface area contributed by atoms with Gasteiger partial charge in [0.2, 0.25) is 0 Å². The van der Waals surface area contributed by atoms with E-state index in [1.165, 1.54) is 0 Å². The van der Waals surface area contributed by atoms with Crippen LogP contribution in [-0.4, -0.2) is 50.8 Å². The fraction of sp³-hybridized carbons (Fsp3) is 0.412. The highest BCUT2D eigenvalue weighted by atomic mass is 16.5. The quantitative estimate of drug-likeness (QED) is 0.734. The maximum Gasteiger partial charge on any atom is 0.337 e. The number of hydrogen-bond donors (Lipinski definition) is 2. The predicted molar refractivity (Wildman–Crippen MR) is 89.5 cm³/mol. The summed E-state index contributed by atoms with van der Waals surface area (Å²) in [5.41, 5.74) is 2.10. The van der Waals surface area contributed by atoms with Crippen molar-refractivity contribution in [2.75, 3.05) is 33.9 Å². The Hall–Kier alpha value is -2.54. The number of urea groups is 1. The van der Waals surface area contributed by atoms with Crippen molar-refractivity contribution < 1.29 is 19.1 Å². The average molecular weight is 333 g/mol. The summed E-state index contributed by atoms with van der Waals surface area (Å²) >= 11 is 0. The van der Waals surface area contributed by atoms with Gasteiger partial charge in [-0.25, -0.2) is 9.59 Å². The van der Waals surface area contributed by atoms with Crippen molar-refractivity contribution in [3.8, 4) is 5.75 Å². The Morgan fingerprint density at radius 2 is 2.12 bits per heavy atom. The predicted octanol–water partition coefficient (Wildman–Crippen LogP) is 1.26. The zero-order chi connectivity index (χ0) is 17.5. The molecule has 130 valence electrons. The summed E-state index contributed by atoms with van der Waals surface area (Å²) in [6, 6.07) is 7.46. The van der Waals surface area contributed by atoms with Crippen molar-refractivity contribution >= 4 is 12.0 Å². The Kier molecular flexibility index (Phi) is 6.20. The number of hydrogen-bond acceptors (Lipinski definition) is 5. The van der Waals surface area contributed by atoms with Gasteiger partial charge >= 0.3 is 12.0 Å². The van der Waals surface area contributed by atoms with Crippen LogP contribution in [0.5, 0.6) is 5.75 Å². The summed E-state index contributed by atoms with van der Waals surface area (Å²) < 4.78 is 10.3. The summed E-state index contributed by atoms with van der Waals surface area (Å²) in [5, 5.41) is 5.30. The minimum atomic E-state index is -0.408. The number of likely N-dealkylation sites (N-methyl/N-ethyl adjacent to an activating group) is 1. The van der Waals surface area contributed by atoms with Crippen molar-refractivity contribution in [2.45, 2.75) is 13.5 Å². The minimum absolute atomic E-state index is 0.174. The Morgan fingerprint density at radius 1 is 1.33 bits per heavy atom. The molecule has 0 saturated heterocycles. The van der Waals surface area contributed by atoms with E-state index in [1.807, 2.05) is 36.2 Å². The molecule has 0 saturated carbocycles. The van der Waals surface area contributed by atoms with Gasteiger partial charge in [-0.2, -0.15) is 0 Å². The van der Waals surface area contributed by atoms with Crippen LogP contribution in [0.15, 0.2) is 35.5 Å². The molecule has 0 spiro atoms. The first-order valence-electron chi connectivity index (χ1n) is 7.79. The van der Waals surface area contributed by atoms with Crippen molar-refractivity contribution in [3.63, 3.8) is 0 Å². The molecule has 1 aliphatic heterocycles. The Morgan fingerprint density at radius 3 is 2.83 bits per heavy atom. The third-order valence-corrected chi connectivity index (χ3v) is 3.59. The first-order valence-corrected chi connectivity index (χ1v) is 7.79. The molecule has 2 rings (SSSR count). The maximum atomic E-state index is 12.0. The van der Waals surface area contributed by atoms with E-state index in [1.54, 1.807) is 14.0 Å². The third-order valence-electron chi connectivity index (χ3n) is 3.59. The van der Waals surface area contributed by atoms with E-state index in [2.05, 4.69) is 10.6 Å². The van der Waals surface area contributed by atoms with Crippen LogP contribution in [0.25, 0.3) is 0 Å². The van der Waals surface area contributed by atoms with Crippen LogP contribution in [0.3, 0.4) is 0 Å². The van der Waals surface area contributed by atoms with Gasteiger partial charge in [-0.1, -0.05) is 12.1 Å². The third kappa shape index (κ3) is 4.73. The second kappa shape index (κ2) is 8.35. The SMILES string of the molecule is CCOC(=O)C1=C(CN(C)Cc2cccc(OC)c2)NC(=O)NC1. The molecule has 7 nitrogen and oxygen atoms in total. The topological polar surface area (TPSA) is 79.9 Å². The van der Waals surface area contributed by atoms with Crippen molar-refractivity contribution in [3.05, 3.63) is 41.1 Å². The maximum absolute atomic E-state index is 12.0. The number of nitrogens with one attached hydrogen (secondary N) is 2. The van der Waals surface area contributed by atoms with E-state index in [4.69, 9.17) is 9.47 Å². The number of amides is 2. The molecule has 0 radical (unpaired) electrons. The monoisotopic (exact) mass is 333 g/mol. The fourth-order valence-corrected chi connectivity index (χ4v) is 2.49. The Balaban J connectivity index is 2.09. The van der Waals surface area contributed by atoms with Crippen LogP contribution in [0.2, 0.25) is 0 Å². The Bertz CT molecular complexity index is 642. The molecule has 7 heteroatoms. The van der Waals surface area contributed by atoms with Crippen LogP contribution < -0.4 is 15.4 Å². The molecule has 1 aromatic carbocycles. The van der Waals surface area contributed by atoms with Gasteiger partial charge in [-0.05, 0) is 31.7 Å². The van der Waals surface area contributed by atoms with Gasteiger partial charge in [0.1, 0.15) is 5.75 Å². The van der Waals surface area contributed by atoms with Gasteiger partial charge < -0.3 is 20.1 Å². The van der Waals surface area contributed by atoms with Crippen molar-refractivity contribution in [2.24, 2.45) is 0 Å². The lowest BCUT2D eigenvalue weighted by molar-refractivity contribution is -0.138. The summed E-state index contributed by atoms with van der Waals surface area (Å²) in [4.78, 5) is 25.6. The Labute approximate surface area is 141 Å². The van der Waals surface area contributed by atoms with E-state index in [0.717, 1.165) is 11.3 Å². The molecule has 0 aliphatic carbocycles. The molecular weight excluding hydrogens is 310 g/mol. The molecule has 0 unspecified atom stereocenters. The molecule has 0 fully saturated rings. The largest absolute Gasteiger partial charge is 0.497 e. The molecule has 24 heavy (non-hydrogen) atoms. The van der Waals surface area contributed by atoms with Gasteiger partial charge in [0.05, 0.1) is 25.8 Å². The van der Waals surface area contributed by atoms with Gasteiger partial charge in [0.25, 0.3) is 0 Å².